The molecule has 0 N–H and O–H groups in total. The SMILES string of the molecule is O=C1CN2CC[C@H]1[C@@H](c1ccccc1)C2. The van der Waals surface area contributed by atoms with Gasteiger partial charge in [-0.05, 0) is 18.5 Å². The quantitative estimate of drug-likeness (QED) is 0.689. The normalized spacial score (nSPS) is 34.4. The maximum atomic E-state index is 11.8. The zero-order valence-corrected chi connectivity index (χ0v) is 8.73. The second-order valence-corrected chi connectivity index (χ2v) is 4.61. The number of carbonyl (C=O) groups excluding carboxylic acids is 1. The molecule has 0 aromatic heterocycles. The Balaban J connectivity index is 1.92. The van der Waals surface area contributed by atoms with Gasteiger partial charge < -0.3 is 0 Å². The Hall–Kier alpha value is -1.15. The van der Waals surface area contributed by atoms with Gasteiger partial charge in [-0.25, -0.2) is 0 Å². The number of carbonyl (C=O) groups is 1. The fraction of sp³-hybridized carbons (Fsp3) is 0.462. The van der Waals surface area contributed by atoms with E-state index in [1.165, 1.54) is 5.56 Å². The summed E-state index contributed by atoms with van der Waals surface area (Å²) in [5.74, 6) is 1.18. The van der Waals surface area contributed by atoms with Crippen molar-refractivity contribution < 1.29 is 4.79 Å². The average Bonchev–Trinajstić information content (AvgIpc) is 2.30. The van der Waals surface area contributed by atoms with E-state index in [1.54, 1.807) is 0 Å². The van der Waals surface area contributed by atoms with Crippen LogP contribution in [-0.4, -0.2) is 30.3 Å². The smallest absolute Gasteiger partial charge is 0.150 e. The van der Waals surface area contributed by atoms with E-state index in [9.17, 15) is 4.79 Å². The summed E-state index contributed by atoms with van der Waals surface area (Å²) in [7, 11) is 0. The van der Waals surface area contributed by atoms with Crippen LogP contribution in [-0.2, 0) is 4.79 Å². The van der Waals surface area contributed by atoms with Crippen LogP contribution in [0, 0.1) is 5.92 Å². The predicted octanol–water partition coefficient (Wildman–Crippen LogP) is 1.67. The van der Waals surface area contributed by atoms with Crippen LogP contribution in [0.1, 0.15) is 17.9 Å². The Morgan fingerprint density at radius 3 is 2.60 bits per heavy atom. The summed E-state index contributed by atoms with van der Waals surface area (Å²) in [5.41, 5.74) is 1.33. The maximum Gasteiger partial charge on any atom is 0.150 e. The van der Waals surface area contributed by atoms with E-state index in [1.807, 2.05) is 6.07 Å². The Morgan fingerprint density at radius 2 is 1.93 bits per heavy atom. The first-order chi connectivity index (χ1) is 7.34. The van der Waals surface area contributed by atoms with Crippen molar-refractivity contribution in [2.24, 2.45) is 5.92 Å². The summed E-state index contributed by atoms with van der Waals surface area (Å²) >= 11 is 0. The number of benzene rings is 1. The molecule has 3 aliphatic heterocycles. The van der Waals surface area contributed by atoms with Crippen molar-refractivity contribution in [3.63, 3.8) is 0 Å². The van der Waals surface area contributed by atoms with Gasteiger partial charge in [-0.15, -0.1) is 0 Å². The number of hydrogen-bond donors (Lipinski definition) is 0. The molecule has 2 heteroatoms. The molecular formula is C13H15NO. The third-order valence-corrected chi connectivity index (χ3v) is 3.72. The maximum absolute atomic E-state index is 11.8. The zero-order chi connectivity index (χ0) is 10.3. The van der Waals surface area contributed by atoms with Gasteiger partial charge >= 0.3 is 0 Å². The highest BCUT2D eigenvalue weighted by Gasteiger charge is 2.40. The predicted molar refractivity (Wildman–Crippen MR) is 58.7 cm³/mol. The lowest BCUT2D eigenvalue weighted by atomic mass is 9.75. The molecule has 0 aliphatic carbocycles. The highest BCUT2D eigenvalue weighted by Crippen LogP contribution is 2.36. The molecule has 3 atom stereocenters. The van der Waals surface area contributed by atoms with Gasteiger partial charge in [0, 0.05) is 18.4 Å². The van der Waals surface area contributed by atoms with Gasteiger partial charge in [0.2, 0.25) is 0 Å². The standard InChI is InChI=1S/C13H15NO/c15-13-9-14-7-6-11(13)12(8-14)10-4-2-1-3-5-10/h1-5,11-12H,6-9H2/t11-,12+/m0/s1. The van der Waals surface area contributed by atoms with Gasteiger partial charge in [-0.3, -0.25) is 9.69 Å². The van der Waals surface area contributed by atoms with E-state index in [0.29, 0.717) is 18.2 Å². The Bertz CT molecular complexity index is 373. The van der Waals surface area contributed by atoms with Crippen molar-refractivity contribution in [2.75, 3.05) is 19.6 Å². The molecule has 15 heavy (non-hydrogen) atoms. The minimum atomic E-state index is 0.289. The summed E-state index contributed by atoms with van der Waals surface area (Å²) in [6, 6.07) is 10.5. The van der Waals surface area contributed by atoms with E-state index in [-0.39, 0.29) is 5.92 Å². The van der Waals surface area contributed by atoms with E-state index < -0.39 is 0 Å². The minimum absolute atomic E-state index is 0.289. The molecule has 0 radical (unpaired) electrons. The van der Waals surface area contributed by atoms with Crippen LogP contribution in [0.25, 0.3) is 0 Å². The van der Waals surface area contributed by atoms with E-state index in [2.05, 4.69) is 29.2 Å². The van der Waals surface area contributed by atoms with Crippen LogP contribution in [0.4, 0.5) is 0 Å². The Kier molecular flexibility index (Phi) is 2.10. The number of rotatable bonds is 1. The van der Waals surface area contributed by atoms with Gasteiger partial charge in [-0.2, -0.15) is 0 Å². The zero-order valence-electron chi connectivity index (χ0n) is 8.73. The van der Waals surface area contributed by atoms with Gasteiger partial charge in [0.15, 0.2) is 5.78 Å². The average molecular weight is 201 g/mol. The molecule has 3 saturated heterocycles. The van der Waals surface area contributed by atoms with Gasteiger partial charge in [0.25, 0.3) is 0 Å². The third kappa shape index (κ3) is 1.49. The highest BCUT2D eigenvalue weighted by atomic mass is 16.1. The molecule has 1 aromatic carbocycles. The largest absolute Gasteiger partial charge is 0.298 e. The second kappa shape index (κ2) is 3.46. The number of hydrogen-bond acceptors (Lipinski definition) is 2. The number of fused-ring (bicyclic) bond motifs is 3. The van der Waals surface area contributed by atoms with Crippen LogP contribution in [0.2, 0.25) is 0 Å². The van der Waals surface area contributed by atoms with Crippen molar-refractivity contribution in [2.45, 2.75) is 12.3 Å². The summed E-state index contributed by atoms with van der Waals surface area (Å²) in [6.07, 6.45) is 1.05. The van der Waals surface area contributed by atoms with Crippen LogP contribution in [0.15, 0.2) is 30.3 Å². The summed E-state index contributed by atoms with van der Waals surface area (Å²) in [5, 5.41) is 0. The number of nitrogens with zero attached hydrogens (tertiary/aromatic N) is 1. The molecule has 78 valence electrons. The molecule has 3 fully saturated rings. The second-order valence-electron chi connectivity index (χ2n) is 4.61. The lowest BCUT2D eigenvalue weighted by Gasteiger charge is -2.43. The molecular weight excluding hydrogens is 186 g/mol. The lowest BCUT2D eigenvalue weighted by molar-refractivity contribution is -0.131. The number of ketones is 1. The van der Waals surface area contributed by atoms with Gasteiger partial charge in [0.1, 0.15) is 0 Å². The first-order valence-electron chi connectivity index (χ1n) is 5.64. The van der Waals surface area contributed by atoms with Crippen molar-refractivity contribution >= 4 is 5.78 Å². The summed E-state index contributed by atoms with van der Waals surface area (Å²) in [4.78, 5) is 14.1. The minimum Gasteiger partial charge on any atom is -0.298 e. The Morgan fingerprint density at radius 1 is 1.13 bits per heavy atom. The van der Waals surface area contributed by atoms with Crippen molar-refractivity contribution in [3.8, 4) is 0 Å². The van der Waals surface area contributed by atoms with E-state index in [4.69, 9.17) is 0 Å². The molecule has 0 amide bonds. The van der Waals surface area contributed by atoms with Crippen molar-refractivity contribution in [1.82, 2.24) is 4.90 Å². The van der Waals surface area contributed by atoms with Crippen LogP contribution >= 0.6 is 0 Å². The monoisotopic (exact) mass is 201 g/mol. The first-order valence-corrected chi connectivity index (χ1v) is 5.64. The molecule has 1 unspecified atom stereocenters. The topological polar surface area (TPSA) is 20.3 Å². The highest BCUT2D eigenvalue weighted by molar-refractivity contribution is 5.85. The molecule has 3 aliphatic rings. The van der Waals surface area contributed by atoms with E-state index in [0.717, 1.165) is 19.5 Å². The van der Waals surface area contributed by atoms with Crippen molar-refractivity contribution in [1.29, 1.82) is 0 Å². The Labute approximate surface area is 89.9 Å². The molecule has 0 saturated carbocycles. The molecule has 3 heterocycles. The van der Waals surface area contributed by atoms with Crippen LogP contribution < -0.4 is 0 Å². The van der Waals surface area contributed by atoms with Gasteiger partial charge in [0.05, 0.1) is 6.54 Å². The summed E-state index contributed by atoms with van der Waals surface area (Å²) < 4.78 is 0. The molecule has 0 spiro atoms. The van der Waals surface area contributed by atoms with E-state index >= 15 is 0 Å². The molecule has 2 bridgehead atoms. The summed E-state index contributed by atoms with van der Waals surface area (Å²) in [6.45, 7) is 2.87. The molecule has 2 nitrogen and oxygen atoms in total. The molecule has 4 rings (SSSR count). The van der Waals surface area contributed by atoms with Crippen LogP contribution in [0.5, 0.6) is 0 Å². The number of Topliss-reactive ketones (excluding diaryl/α,β-unsaturated/α-hetero) is 1. The van der Waals surface area contributed by atoms with Crippen LogP contribution in [0.3, 0.4) is 0 Å². The number of piperidine rings is 3. The molecule has 1 aromatic rings. The third-order valence-electron chi connectivity index (χ3n) is 3.72. The van der Waals surface area contributed by atoms with Crippen molar-refractivity contribution in [3.05, 3.63) is 35.9 Å². The fourth-order valence-corrected chi connectivity index (χ4v) is 2.92. The van der Waals surface area contributed by atoms with Gasteiger partial charge in [-0.1, -0.05) is 30.3 Å². The first kappa shape index (κ1) is 9.10. The lowest BCUT2D eigenvalue weighted by Crippen LogP contribution is -2.52. The fourth-order valence-electron chi connectivity index (χ4n) is 2.92.